The summed E-state index contributed by atoms with van der Waals surface area (Å²) in [6, 6.07) is 0. The molecule has 0 radical (unpaired) electrons. The number of nitrogens with two attached hydrogens (primary N) is 1. The van der Waals surface area contributed by atoms with Crippen molar-refractivity contribution in [2.24, 2.45) is 5.73 Å². The van der Waals surface area contributed by atoms with Crippen molar-refractivity contribution in [2.75, 3.05) is 6.54 Å². The Kier molecular flexibility index (Phi) is 4.56. The standard InChI is InChI=1S/C6H12FN/c1-2-6(7)4-3-5-8/h2H,3-5,8H2,1H3/b6-2+. The third-order valence-electron chi connectivity index (χ3n) is 0.933. The van der Waals surface area contributed by atoms with Gasteiger partial charge in [0.1, 0.15) is 0 Å². The van der Waals surface area contributed by atoms with Crippen LogP contribution in [0.4, 0.5) is 4.39 Å². The summed E-state index contributed by atoms with van der Waals surface area (Å²) in [4.78, 5) is 0. The minimum Gasteiger partial charge on any atom is -0.330 e. The van der Waals surface area contributed by atoms with E-state index in [9.17, 15) is 4.39 Å². The van der Waals surface area contributed by atoms with E-state index in [1.54, 1.807) is 6.92 Å². The molecule has 0 unspecified atom stereocenters. The molecule has 0 amide bonds. The fraction of sp³-hybridized carbons (Fsp3) is 0.667. The molecule has 2 heteroatoms. The Morgan fingerprint density at radius 2 is 2.38 bits per heavy atom. The molecule has 0 saturated carbocycles. The molecule has 0 bridgehead atoms. The van der Waals surface area contributed by atoms with E-state index >= 15 is 0 Å². The van der Waals surface area contributed by atoms with Crippen molar-refractivity contribution < 1.29 is 4.39 Å². The molecule has 0 atom stereocenters. The molecule has 0 aromatic rings. The third kappa shape index (κ3) is 3.81. The zero-order valence-electron chi connectivity index (χ0n) is 5.15. The summed E-state index contributed by atoms with van der Waals surface area (Å²) in [6.07, 6.45) is 2.71. The van der Waals surface area contributed by atoms with Crippen molar-refractivity contribution in [1.29, 1.82) is 0 Å². The topological polar surface area (TPSA) is 26.0 Å². The lowest BCUT2D eigenvalue weighted by Crippen LogP contribution is -1.97. The fourth-order valence-electron chi connectivity index (χ4n) is 0.415. The Morgan fingerprint density at radius 3 is 2.75 bits per heavy atom. The quantitative estimate of drug-likeness (QED) is 0.597. The maximum atomic E-state index is 12.1. The molecule has 0 heterocycles. The zero-order chi connectivity index (χ0) is 6.41. The van der Waals surface area contributed by atoms with Gasteiger partial charge < -0.3 is 5.73 Å². The predicted molar refractivity (Wildman–Crippen MR) is 33.2 cm³/mol. The summed E-state index contributed by atoms with van der Waals surface area (Å²) in [5.74, 6) is -0.0598. The maximum Gasteiger partial charge on any atom is 0.0957 e. The highest BCUT2D eigenvalue weighted by Crippen LogP contribution is 2.03. The number of allylic oxidation sites excluding steroid dienone is 2. The molecule has 0 rings (SSSR count). The van der Waals surface area contributed by atoms with Gasteiger partial charge >= 0.3 is 0 Å². The molecular formula is C6H12FN. The lowest BCUT2D eigenvalue weighted by atomic mass is 10.3. The summed E-state index contributed by atoms with van der Waals surface area (Å²) in [5, 5.41) is 0. The first-order valence-electron chi connectivity index (χ1n) is 2.82. The molecule has 8 heavy (non-hydrogen) atoms. The summed E-state index contributed by atoms with van der Waals surface area (Å²) in [6.45, 7) is 2.26. The highest BCUT2D eigenvalue weighted by Gasteiger charge is 1.88. The molecule has 0 aliphatic carbocycles. The van der Waals surface area contributed by atoms with Crippen LogP contribution in [0.1, 0.15) is 19.8 Å². The van der Waals surface area contributed by atoms with Gasteiger partial charge in [-0.05, 0) is 19.9 Å². The first-order chi connectivity index (χ1) is 3.81. The molecule has 0 aliphatic heterocycles. The van der Waals surface area contributed by atoms with Crippen molar-refractivity contribution >= 4 is 0 Å². The van der Waals surface area contributed by atoms with Gasteiger partial charge in [-0.3, -0.25) is 0 Å². The van der Waals surface area contributed by atoms with E-state index in [-0.39, 0.29) is 5.83 Å². The Balaban J connectivity index is 3.12. The van der Waals surface area contributed by atoms with Crippen molar-refractivity contribution in [2.45, 2.75) is 19.8 Å². The van der Waals surface area contributed by atoms with E-state index in [0.717, 1.165) is 6.42 Å². The molecule has 2 N–H and O–H groups in total. The van der Waals surface area contributed by atoms with Gasteiger partial charge in [0, 0.05) is 6.42 Å². The molecule has 0 spiro atoms. The van der Waals surface area contributed by atoms with Gasteiger partial charge in [0.25, 0.3) is 0 Å². The molecule has 0 aromatic carbocycles. The van der Waals surface area contributed by atoms with Gasteiger partial charge in [-0.2, -0.15) is 0 Å². The van der Waals surface area contributed by atoms with Gasteiger partial charge in [0.15, 0.2) is 0 Å². The van der Waals surface area contributed by atoms with Crippen LogP contribution in [-0.2, 0) is 0 Å². The van der Waals surface area contributed by atoms with Gasteiger partial charge in [0.2, 0.25) is 0 Å². The van der Waals surface area contributed by atoms with Crippen LogP contribution in [0.3, 0.4) is 0 Å². The van der Waals surface area contributed by atoms with Crippen LogP contribution in [0.5, 0.6) is 0 Å². The first-order valence-corrected chi connectivity index (χ1v) is 2.82. The van der Waals surface area contributed by atoms with Crippen LogP contribution < -0.4 is 5.73 Å². The molecule has 1 nitrogen and oxygen atoms in total. The van der Waals surface area contributed by atoms with Gasteiger partial charge in [-0.25, -0.2) is 4.39 Å². The van der Waals surface area contributed by atoms with Gasteiger partial charge in [-0.1, -0.05) is 6.08 Å². The van der Waals surface area contributed by atoms with E-state index in [0.29, 0.717) is 13.0 Å². The van der Waals surface area contributed by atoms with Crippen molar-refractivity contribution in [3.05, 3.63) is 11.9 Å². The molecule has 0 aliphatic rings. The summed E-state index contributed by atoms with van der Waals surface area (Å²) >= 11 is 0. The fourth-order valence-corrected chi connectivity index (χ4v) is 0.415. The summed E-state index contributed by atoms with van der Waals surface area (Å²) < 4.78 is 12.1. The third-order valence-corrected chi connectivity index (χ3v) is 0.933. The number of rotatable bonds is 3. The predicted octanol–water partition coefficient (Wildman–Crippen LogP) is 1.60. The van der Waals surface area contributed by atoms with E-state index < -0.39 is 0 Å². The smallest absolute Gasteiger partial charge is 0.0957 e. The lowest BCUT2D eigenvalue weighted by molar-refractivity contribution is 0.574. The Morgan fingerprint density at radius 1 is 1.75 bits per heavy atom. The highest BCUT2D eigenvalue weighted by atomic mass is 19.1. The van der Waals surface area contributed by atoms with Gasteiger partial charge in [0.05, 0.1) is 5.83 Å². The second-order valence-electron chi connectivity index (χ2n) is 1.63. The minimum absolute atomic E-state index is 0.0598. The first kappa shape index (κ1) is 7.63. The van der Waals surface area contributed by atoms with Crippen molar-refractivity contribution in [3.8, 4) is 0 Å². The van der Waals surface area contributed by atoms with Crippen LogP contribution >= 0.6 is 0 Å². The summed E-state index contributed by atoms with van der Waals surface area (Å²) in [5.41, 5.74) is 5.14. The van der Waals surface area contributed by atoms with E-state index in [4.69, 9.17) is 5.73 Å². The van der Waals surface area contributed by atoms with Crippen molar-refractivity contribution in [3.63, 3.8) is 0 Å². The van der Waals surface area contributed by atoms with Crippen LogP contribution in [0.2, 0.25) is 0 Å². The molecular weight excluding hydrogens is 105 g/mol. The van der Waals surface area contributed by atoms with E-state index in [2.05, 4.69) is 0 Å². The second kappa shape index (κ2) is 4.78. The molecule has 0 saturated heterocycles. The monoisotopic (exact) mass is 117 g/mol. The maximum absolute atomic E-state index is 12.1. The lowest BCUT2D eigenvalue weighted by Gasteiger charge is -1.90. The number of halogens is 1. The largest absolute Gasteiger partial charge is 0.330 e. The minimum atomic E-state index is -0.0598. The zero-order valence-corrected chi connectivity index (χ0v) is 5.15. The Labute approximate surface area is 49.4 Å². The average Bonchev–Trinajstić information content (AvgIpc) is 1.83. The summed E-state index contributed by atoms with van der Waals surface area (Å²) in [7, 11) is 0. The molecule has 48 valence electrons. The second-order valence-corrected chi connectivity index (χ2v) is 1.63. The number of hydrogen-bond acceptors (Lipinski definition) is 1. The average molecular weight is 117 g/mol. The van der Waals surface area contributed by atoms with Crippen LogP contribution in [-0.4, -0.2) is 6.54 Å². The Bertz CT molecular complexity index is 78.6. The molecule has 0 aromatic heterocycles. The van der Waals surface area contributed by atoms with Crippen LogP contribution in [0.25, 0.3) is 0 Å². The van der Waals surface area contributed by atoms with E-state index in [1.807, 2.05) is 0 Å². The normalized spacial score (nSPS) is 12.1. The van der Waals surface area contributed by atoms with Crippen LogP contribution in [0.15, 0.2) is 11.9 Å². The van der Waals surface area contributed by atoms with E-state index in [1.165, 1.54) is 6.08 Å². The number of hydrogen-bond donors (Lipinski definition) is 1. The van der Waals surface area contributed by atoms with Gasteiger partial charge in [-0.15, -0.1) is 0 Å². The Hall–Kier alpha value is -0.370. The van der Waals surface area contributed by atoms with Crippen LogP contribution in [0, 0.1) is 0 Å². The SMILES string of the molecule is C/C=C(/F)CCCN. The van der Waals surface area contributed by atoms with Crippen molar-refractivity contribution in [1.82, 2.24) is 0 Å². The molecule has 0 fully saturated rings. The highest BCUT2D eigenvalue weighted by molar-refractivity contribution is 4.87.